The lowest BCUT2D eigenvalue weighted by Crippen LogP contribution is -2.08. The Morgan fingerprint density at radius 3 is 2.57 bits per heavy atom. The molecule has 2 aromatic heterocycles. The fraction of sp³-hybridized carbons (Fsp3) is 0.0588. The summed E-state index contributed by atoms with van der Waals surface area (Å²) in [6, 6.07) is 13.6. The highest BCUT2D eigenvalue weighted by molar-refractivity contribution is 6.31. The Morgan fingerprint density at radius 2 is 1.87 bits per heavy atom. The summed E-state index contributed by atoms with van der Waals surface area (Å²) in [6.45, 7) is 0.114. The lowest BCUT2D eigenvalue weighted by atomic mass is 10.2. The second-order valence-corrected chi connectivity index (χ2v) is 5.35. The number of ether oxygens (including phenoxy) is 1. The molecule has 5 nitrogen and oxygen atoms in total. The summed E-state index contributed by atoms with van der Waals surface area (Å²) in [5.74, 6) is -1.73. The molecule has 3 rings (SSSR count). The molecule has 0 aliphatic carbocycles. The summed E-state index contributed by atoms with van der Waals surface area (Å²) in [5.41, 5.74) is 1.34. The maximum atomic E-state index is 12.3. The van der Waals surface area contributed by atoms with Gasteiger partial charge in [-0.25, -0.2) is 9.59 Å². The van der Waals surface area contributed by atoms with Gasteiger partial charge >= 0.3 is 11.9 Å². The van der Waals surface area contributed by atoms with E-state index in [1.54, 1.807) is 12.3 Å². The van der Waals surface area contributed by atoms with Gasteiger partial charge in [0.25, 0.3) is 0 Å². The third-order valence-corrected chi connectivity index (χ3v) is 3.62. The molecule has 0 fully saturated rings. The number of nitrogens with zero attached hydrogens (tertiary/aromatic N) is 1. The maximum Gasteiger partial charge on any atom is 0.355 e. The summed E-state index contributed by atoms with van der Waals surface area (Å²) >= 11 is 5.90. The number of carboxylic acids is 1. The average Bonchev–Trinajstić information content (AvgIpc) is 2.92. The Balaban J connectivity index is 1.93. The van der Waals surface area contributed by atoms with Crippen molar-refractivity contribution < 1.29 is 19.4 Å². The molecule has 0 aliphatic heterocycles. The number of carbonyl (C=O) groups is 2. The van der Waals surface area contributed by atoms with Crippen LogP contribution in [-0.2, 0) is 11.3 Å². The lowest BCUT2D eigenvalue weighted by molar-refractivity contribution is 0.0464. The predicted molar refractivity (Wildman–Crippen MR) is 84.9 cm³/mol. The maximum absolute atomic E-state index is 12.3. The van der Waals surface area contributed by atoms with Crippen LogP contribution < -0.4 is 0 Å². The van der Waals surface area contributed by atoms with E-state index in [0.29, 0.717) is 10.5 Å². The zero-order valence-electron chi connectivity index (χ0n) is 11.9. The number of aromatic carboxylic acids is 1. The van der Waals surface area contributed by atoms with Crippen molar-refractivity contribution in [3.8, 4) is 0 Å². The van der Waals surface area contributed by atoms with Crippen molar-refractivity contribution in [1.82, 2.24) is 4.40 Å². The molecule has 1 aromatic carbocycles. The van der Waals surface area contributed by atoms with E-state index in [9.17, 15) is 14.7 Å². The smallest absolute Gasteiger partial charge is 0.355 e. The van der Waals surface area contributed by atoms with E-state index in [0.717, 1.165) is 5.56 Å². The largest absolute Gasteiger partial charge is 0.478 e. The predicted octanol–water partition coefficient (Wildman–Crippen LogP) is 3.65. The molecule has 0 bridgehead atoms. The number of hydrogen-bond donors (Lipinski definition) is 1. The fourth-order valence-corrected chi connectivity index (χ4v) is 2.46. The van der Waals surface area contributed by atoms with Crippen LogP contribution in [0.3, 0.4) is 0 Å². The van der Waals surface area contributed by atoms with Crippen molar-refractivity contribution in [2.75, 3.05) is 0 Å². The summed E-state index contributed by atoms with van der Waals surface area (Å²) in [4.78, 5) is 23.6. The lowest BCUT2D eigenvalue weighted by Gasteiger charge is -2.05. The van der Waals surface area contributed by atoms with E-state index in [1.165, 1.54) is 16.5 Å². The van der Waals surface area contributed by atoms with Crippen LogP contribution in [-0.4, -0.2) is 21.4 Å². The number of esters is 1. The van der Waals surface area contributed by atoms with Crippen molar-refractivity contribution in [2.45, 2.75) is 6.61 Å². The molecule has 0 amide bonds. The first-order valence-electron chi connectivity index (χ1n) is 6.81. The first-order valence-corrected chi connectivity index (χ1v) is 7.19. The number of hydrogen-bond acceptors (Lipinski definition) is 3. The molecule has 0 radical (unpaired) electrons. The molecular weight excluding hydrogens is 318 g/mol. The van der Waals surface area contributed by atoms with Gasteiger partial charge in [-0.15, -0.1) is 0 Å². The molecule has 2 heterocycles. The summed E-state index contributed by atoms with van der Waals surface area (Å²) in [5, 5.41) is 9.66. The van der Waals surface area contributed by atoms with Gasteiger partial charge in [-0.05, 0) is 23.8 Å². The van der Waals surface area contributed by atoms with Crippen molar-refractivity contribution >= 4 is 29.1 Å². The van der Waals surface area contributed by atoms with Crippen LogP contribution in [0.4, 0.5) is 0 Å². The third-order valence-electron chi connectivity index (χ3n) is 3.39. The topological polar surface area (TPSA) is 68.0 Å². The minimum absolute atomic E-state index is 0.000777. The van der Waals surface area contributed by atoms with Crippen LogP contribution in [0, 0.1) is 0 Å². The highest BCUT2D eigenvalue weighted by Gasteiger charge is 2.20. The minimum Gasteiger partial charge on any atom is -0.478 e. The van der Waals surface area contributed by atoms with Gasteiger partial charge in [-0.3, -0.25) is 0 Å². The quantitative estimate of drug-likeness (QED) is 0.742. The van der Waals surface area contributed by atoms with Crippen molar-refractivity contribution in [1.29, 1.82) is 0 Å². The molecule has 0 spiro atoms. The van der Waals surface area contributed by atoms with Gasteiger partial charge in [-0.1, -0.05) is 41.9 Å². The number of aromatic nitrogens is 1. The zero-order chi connectivity index (χ0) is 16.4. The number of benzene rings is 1. The van der Waals surface area contributed by atoms with E-state index in [4.69, 9.17) is 16.3 Å². The highest BCUT2D eigenvalue weighted by atomic mass is 35.5. The van der Waals surface area contributed by atoms with Crippen LogP contribution in [0.1, 0.15) is 26.4 Å². The molecule has 3 aromatic rings. The van der Waals surface area contributed by atoms with E-state index >= 15 is 0 Å². The first-order chi connectivity index (χ1) is 11.1. The van der Waals surface area contributed by atoms with Crippen molar-refractivity contribution in [3.05, 3.63) is 76.6 Å². The van der Waals surface area contributed by atoms with E-state index < -0.39 is 11.9 Å². The van der Waals surface area contributed by atoms with Gasteiger partial charge < -0.3 is 14.2 Å². The second-order valence-electron chi connectivity index (χ2n) is 4.91. The zero-order valence-corrected chi connectivity index (χ0v) is 12.7. The van der Waals surface area contributed by atoms with Crippen molar-refractivity contribution in [2.24, 2.45) is 0 Å². The summed E-state index contributed by atoms with van der Waals surface area (Å²) in [6.07, 6.45) is 1.54. The molecule has 6 heteroatoms. The van der Waals surface area contributed by atoms with Gasteiger partial charge in [0.1, 0.15) is 12.3 Å². The van der Waals surface area contributed by atoms with E-state index in [1.807, 2.05) is 30.3 Å². The fourth-order valence-electron chi connectivity index (χ4n) is 2.30. The monoisotopic (exact) mass is 329 g/mol. The Bertz CT molecular complexity index is 886. The second kappa shape index (κ2) is 6.14. The Morgan fingerprint density at radius 1 is 1.13 bits per heavy atom. The Hall–Kier alpha value is -2.79. The van der Waals surface area contributed by atoms with Gasteiger partial charge in [0, 0.05) is 11.2 Å². The van der Waals surface area contributed by atoms with Crippen LogP contribution in [0.25, 0.3) is 5.52 Å². The molecule has 0 unspecified atom stereocenters. The summed E-state index contributed by atoms with van der Waals surface area (Å²) in [7, 11) is 0. The molecule has 0 saturated carbocycles. The van der Waals surface area contributed by atoms with Gasteiger partial charge in [0.05, 0.1) is 11.1 Å². The number of carbonyl (C=O) groups excluding carboxylic acids is 1. The molecule has 23 heavy (non-hydrogen) atoms. The summed E-state index contributed by atoms with van der Waals surface area (Å²) < 4.78 is 6.72. The average molecular weight is 330 g/mol. The highest BCUT2D eigenvalue weighted by Crippen LogP contribution is 2.22. The molecule has 0 saturated heterocycles. The third kappa shape index (κ3) is 3.05. The van der Waals surface area contributed by atoms with Crippen LogP contribution in [0.5, 0.6) is 0 Å². The Kier molecular flexibility index (Phi) is 4.04. The molecular formula is C17H12ClNO4. The number of pyridine rings is 1. The van der Waals surface area contributed by atoms with Crippen LogP contribution >= 0.6 is 11.6 Å². The minimum atomic E-state index is -1.13. The normalized spacial score (nSPS) is 10.7. The first kappa shape index (κ1) is 15.1. The van der Waals surface area contributed by atoms with E-state index in [2.05, 4.69) is 0 Å². The number of fused-ring (bicyclic) bond motifs is 1. The molecule has 1 N–H and O–H groups in total. The van der Waals surface area contributed by atoms with Gasteiger partial charge in [-0.2, -0.15) is 0 Å². The van der Waals surface area contributed by atoms with Gasteiger partial charge in [0.15, 0.2) is 0 Å². The Labute approximate surface area is 136 Å². The molecule has 116 valence electrons. The number of carboxylic acid groups (broad SMARTS) is 1. The van der Waals surface area contributed by atoms with Crippen molar-refractivity contribution in [3.63, 3.8) is 0 Å². The number of rotatable bonds is 4. The van der Waals surface area contributed by atoms with E-state index in [-0.39, 0.29) is 17.9 Å². The SMILES string of the molecule is O=C(O)c1cc(C(=O)OCc2ccccc2)n2ccc(Cl)cc12. The molecule has 0 aliphatic rings. The van der Waals surface area contributed by atoms with Crippen LogP contribution in [0.2, 0.25) is 5.02 Å². The van der Waals surface area contributed by atoms with Crippen LogP contribution in [0.15, 0.2) is 54.7 Å². The van der Waals surface area contributed by atoms with Gasteiger partial charge in [0.2, 0.25) is 0 Å². The standard InChI is InChI=1S/C17H12ClNO4/c18-12-6-7-19-14(8-12)13(16(20)21)9-15(19)17(22)23-10-11-4-2-1-3-5-11/h1-9H,10H2,(H,20,21). The number of halogens is 1. The molecule has 0 atom stereocenters.